The number of amides is 1. The number of carbonyl (C=O) groups excluding carboxylic acids is 1. The topological polar surface area (TPSA) is 81.3 Å². The second-order valence-corrected chi connectivity index (χ2v) is 7.63. The number of hydrogen-bond acceptors (Lipinski definition) is 5. The Hall–Kier alpha value is -3.48. The van der Waals surface area contributed by atoms with E-state index in [1.165, 1.54) is 12.1 Å². The van der Waals surface area contributed by atoms with E-state index < -0.39 is 0 Å². The Morgan fingerprint density at radius 2 is 2.06 bits per heavy atom. The van der Waals surface area contributed by atoms with E-state index in [1.54, 1.807) is 19.4 Å². The van der Waals surface area contributed by atoms with E-state index in [-0.39, 0.29) is 23.7 Å². The standard InChI is InChI=1S/C24H25FN4O2/c1-31-19-10-7-16(8-11-19)9-12-22(30)29-13-3-6-21(29)23-20(15-27-24(26)28-23)17-4-2-5-18(25)14-17/h2,4-5,7-8,10-11,14-15,21H,3,6,9,12-13H2,1H3,(H2,26,27,28)/t21-/m0/s1. The Balaban J connectivity index is 1.55. The smallest absolute Gasteiger partial charge is 0.223 e. The number of carbonyl (C=O) groups is 1. The fourth-order valence-corrected chi connectivity index (χ4v) is 4.08. The molecule has 0 bridgehead atoms. The predicted molar refractivity (Wildman–Crippen MR) is 117 cm³/mol. The van der Waals surface area contributed by atoms with Gasteiger partial charge in [-0.2, -0.15) is 0 Å². The molecule has 6 nitrogen and oxygen atoms in total. The van der Waals surface area contributed by atoms with Crippen molar-refractivity contribution in [1.82, 2.24) is 14.9 Å². The number of nitrogens with zero attached hydrogens (tertiary/aromatic N) is 3. The van der Waals surface area contributed by atoms with Gasteiger partial charge in [-0.3, -0.25) is 4.79 Å². The summed E-state index contributed by atoms with van der Waals surface area (Å²) < 4.78 is 19.0. The summed E-state index contributed by atoms with van der Waals surface area (Å²) in [7, 11) is 1.63. The average Bonchev–Trinajstić information content (AvgIpc) is 3.28. The van der Waals surface area contributed by atoms with Gasteiger partial charge in [0.25, 0.3) is 0 Å². The third kappa shape index (κ3) is 4.66. The molecule has 1 aromatic heterocycles. The number of likely N-dealkylation sites (tertiary alicyclic amines) is 1. The molecular weight excluding hydrogens is 395 g/mol. The van der Waals surface area contributed by atoms with E-state index in [9.17, 15) is 9.18 Å². The number of halogens is 1. The number of anilines is 1. The Labute approximate surface area is 180 Å². The van der Waals surface area contributed by atoms with Gasteiger partial charge in [0.15, 0.2) is 0 Å². The number of nitrogens with two attached hydrogens (primary N) is 1. The molecule has 1 aliphatic rings. The van der Waals surface area contributed by atoms with Gasteiger partial charge in [0.1, 0.15) is 11.6 Å². The largest absolute Gasteiger partial charge is 0.497 e. The molecule has 1 aliphatic heterocycles. The third-order valence-electron chi connectivity index (χ3n) is 5.65. The zero-order valence-corrected chi connectivity index (χ0v) is 17.4. The minimum Gasteiger partial charge on any atom is -0.497 e. The molecule has 2 N–H and O–H groups in total. The Morgan fingerprint density at radius 1 is 1.26 bits per heavy atom. The summed E-state index contributed by atoms with van der Waals surface area (Å²) in [6.45, 7) is 0.665. The van der Waals surface area contributed by atoms with Crippen LogP contribution in [0.5, 0.6) is 5.75 Å². The first-order valence-corrected chi connectivity index (χ1v) is 10.4. The number of benzene rings is 2. The Bertz CT molecular complexity index is 1070. The minimum atomic E-state index is -0.334. The van der Waals surface area contributed by atoms with E-state index in [0.717, 1.165) is 24.2 Å². The molecule has 160 valence electrons. The summed E-state index contributed by atoms with van der Waals surface area (Å²) in [5.41, 5.74) is 9.00. The maximum absolute atomic E-state index is 13.8. The molecule has 31 heavy (non-hydrogen) atoms. The van der Waals surface area contributed by atoms with Gasteiger partial charge in [-0.25, -0.2) is 14.4 Å². The zero-order valence-electron chi connectivity index (χ0n) is 17.4. The quantitative estimate of drug-likeness (QED) is 0.647. The number of ether oxygens (including phenoxy) is 1. The van der Waals surface area contributed by atoms with Gasteiger partial charge in [-0.15, -0.1) is 0 Å². The van der Waals surface area contributed by atoms with Crippen LogP contribution in [0.15, 0.2) is 54.7 Å². The normalized spacial score (nSPS) is 15.8. The lowest BCUT2D eigenvalue weighted by atomic mass is 9.99. The molecular formula is C24H25FN4O2. The zero-order chi connectivity index (χ0) is 21.8. The first-order valence-electron chi connectivity index (χ1n) is 10.4. The molecule has 0 radical (unpaired) electrons. The van der Waals surface area contributed by atoms with Crippen molar-refractivity contribution in [2.24, 2.45) is 0 Å². The lowest BCUT2D eigenvalue weighted by molar-refractivity contribution is -0.132. The van der Waals surface area contributed by atoms with Crippen LogP contribution < -0.4 is 10.5 Å². The molecule has 1 amide bonds. The first kappa shape index (κ1) is 20.8. The Kier molecular flexibility index (Phi) is 6.11. The number of rotatable bonds is 6. The van der Waals surface area contributed by atoms with Crippen LogP contribution in [-0.4, -0.2) is 34.4 Å². The number of aryl methyl sites for hydroxylation is 1. The molecule has 4 rings (SSSR count). The van der Waals surface area contributed by atoms with Gasteiger partial charge in [0.05, 0.1) is 18.8 Å². The highest BCUT2D eigenvalue weighted by atomic mass is 19.1. The fraction of sp³-hybridized carbons (Fsp3) is 0.292. The van der Waals surface area contributed by atoms with Crippen LogP contribution in [0.2, 0.25) is 0 Å². The van der Waals surface area contributed by atoms with Crippen molar-refractivity contribution in [2.75, 3.05) is 19.4 Å². The van der Waals surface area contributed by atoms with Gasteiger partial charge in [-0.05, 0) is 54.7 Å². The fourth-order valence-electron chi connectivity index (χ4n) is 4.08. The van der Waals surface area contributed by atoms with Crippen LogP contribution in [0.3, 0.4) is 0 Å². The van der Waals surface area contributed by atoms with Crippen LogP contribution in [0.4, 0.5) is 10.3 Å². The molecule has 0 saturated carbocycles. The van der Waals surface area contributed by atoms with Crippen LogP contribution in [-0.2, 0) is 11.2 Å². The van der Waals surface area contributed by atoms with Crippen LogP contribution in [0, 0.1) is 5.82 Å². The van der Waals surface area contributed by atoms with Gasteiger partial charge in [0.2, 0.25) is 11.9 Å². The molecule has 1 atom stereocenters. The molecule has 1 saturated heterocycles. The molecule has 2 heterocycles. The van der Waals surface area contributed by atoms with Crippen molar-refractivity contribution in [1.29, 1.82) is 0 Å². The van der Waals surface area contributed by atoms with Gasteiger partial charge in [-0.1, -0.05) is 24.3 Å². The van der Waals surface area contributed by atoms with Gasteiger partial charge >= 0.3 is 0 Å². The number of aromatic nitrogens is 2. The maximum Gasteiger partial charge on any atom is 0.223 e. The highest BCUT2D eigenvalue weighted by Gasteiger charge is 2.32. The highest BCUT2D eigenvalue weighted by Crippen LogP contribution is 2.37. The summed E-state index contributed by atoms with van der Waals surface area (Å²) >= 11 is 0. The summed E-state index contributed by atoms with van der Waals surface area (Å²) in [6, 6.07) is 13.8. The third-order valence-corrected chi connectivity index (χ3v) is 5.65. The summed E-state index contributed by atoms with van der Waals surface area (Å²) in [4.78, 5) is 23.5. The maximum atomic E-state index is 13.8. The average molecular weight is 420 g/mol. The van der Waals surface area contributed by atoms with Gasteiger partial charge < -0.3 is 15.4 Å². The highest BCUT2D eigenvalue weighted by molar-refractivity contribution is 5.78. The minimum absolute atomic E-state index is 0.0701. The monoisotopic (exact) mass is 420 g/mol. The molecule has 7 heteroatoms. The van der Waals surface area contributed by atoms with Crippen molar-refractivity contribution < 1.29 is 13.9 Å². The van der Waals surface area contributed by atoms with Crippen LogP contribution >= 0.6 is 0 Å². The summed E-state index contributed by atoms with van der Waals surface area (Å²) in [6.07, 6.45) is 4.33. The van der Waals surface area contributed by atoms with E-state index in [0.29, 0.717) is 36.2 Å². The molecule has 2 aromatic carbocycles. The van der Waals surface area contributed by atoms with Crippen molar-refractivity contribution in [2.45, 2.75) is 31.7 Å². The second-order valence-electron chi connectivity index (χ2n) is 7.63. The van der Waals surface area contributed by atoms with Crippen molar-refractivity contribution >= 4 is 11.9 Å². The number of hydrogen-bond donors (Lipinski definition) is 1. The number of nitrogen functional groups attached to an aromatic ring is 1. The molecule has 3 aromatic rings. The molecule has 0 unspecified atom stereocenters. The van der Waals surface area contributed by atoms with E-state index >= 15 is 0 Å². The van der Waals surface area contributed by atoms with Crippen molar-refractivity contribution in [3.8, 4) is 16.9 Å². The summed E-state index contributed by atoms with van der Waals surface area (Å²) in [5.74, 6) is 0.674. The summed E-state index contributed by atoms with van der Waals surface area (Å²) in [5, 5.41) is 0. The lowest BCUT2D eigenvalue weighted by Gasteiger charge is -2.26. The van der Waals surface area contributed by atoms with Crippen LogP contribution in [0.1, 0.15) is 36.6 Å². The van der Waals surface area contributed by atoms with E-state index in [1.807, 2.05) is 35.2 Å². The Morgan fingerprint density at radius 3 is 2.81 bits per heavy atom. The first-order chi connectivity index (χ1) is 15.0. The van der Waals surface area contributed by atoms with Crippen molar-refractivity contribution in [3.05, 3.63) is 71.8 Å². The van der Waals surface area contributed by atoms with E-state index in [2.05, 4.69) is 9.97 Å². The molecule has 1 fully saturated rings. The molecule has 0 spiro atoms. The van der Waals surface area contributed by atoms with E-state index in [4.69, 9.17) is 10.5 Å². The lowest BCUT2D eigenvalue weighted by Crippen LogP contribution is -2.31. The van der Waals surface area contributed by atoms with Crippen LogP contribution in [0.25, 0.3) is 11.1 Å². The molecule has 0 aliphatic carbocycles. The van der Waals surface area contributed by atoms with Crippen molar-refractivity contribution in [3.63, 3.8) is 0 Å². The SMILES string of the molecule is COc1ccc(CCC(=O)N2CCC[C@H]2c2nc(N)ncc2-c2cccc(F)c2)cc1. The predicted octanol–water partition coefficient (Wildman–Crippen LogP) is 4.17. The number of methoxy groups -OCH3 is 1. The van der Waals surface area contributed by atoms with Gasteiger partial charge in [0, 0.05) is 24.7 Å². The second kappa shape index (κ2) is 9.12.